The Morgan fingerprint density at radius 1 is 0.778 bits per heavy atom. The van der Waals surface area contributed by atoms with Gasteiger partial charge in [0.25, 0.3) is 0 Å². The Hall–Kier alpha value is -4.18. The van der Waals surface area contributed by atoms with Crippen LogP contribution in [0.5, 0.6) is 5.75 Å². The van der Waals surface area contributed by atoms with Crippen LogP contribution < -0.4 is 10.1 Å². The summed E-state index contributed by atoms with van der Waals surface area (Å²) in [6, 6.07) is 32.3. The van der Waals surface area contributed by atoms with Crippen LogP contribution in [0.3, 0.4) is 0 Å². The number of hydrogen-bond donors (Lipinski definition) is 1. The number of nitrogens with zero attached hydrogens (tertiary/aromatic N) is 2. The van der Waals surface area contributed by atoms with E-state index in [4.69, 9.17) is 16.3 Å². The Labute approximate surface area is 270 Å². The van der Waals surface area contributed by atoms with E-state index in [0.29, 0.717) is 18.0 Å². The molecule has 1 N–H and O–H groups in total. The predicted octanol–water partition coefficient (Wildman–Crippen LogP) is 5.11. The summed E-state index contributed by atoms with van der Waals surface area (Å²) < 4.78 is 32.1. The number of halogens is 1. The lowest BCUT2D eigenvalue weighted by molar-refractivity contribution is -0.141. The SMILES string of the molecule is COc1ccc(CCNC(=O)[C@@H](Cc2ccccc2)N(Cc2ccc(Cl)cc2)C(=O)CN(Cc2ccccc2)S(C)(=O)=O)cc1. The molecule has 0 radical (unpaired) electrons. The van der Waals surface area contributed by atoms with Crippen LogP contribution in [0.1, 0.15) is 22.3 Å². The Bertz CT molecular complexity index is 1630. The number of methoxy groups -OCH3 is 1. The quantitative estimate of drug-likeness (QED) is 0.194. The first-order valence-electron chi connectivity index (χ1n) is 14.6. The molecule has 0 aromatic heterocycles. The molecule has 45 heavy (non-hydrogen) atoms. The van der Waals surface area contributed by atoms with E-state index in [9.17, 15) is 18.0 Å². The summed E-state index contributed by atoms with van der Waals surface area (Å²) in [4.78, 5) is 29.6. The van der Waals surface area contributed by atoms with Gasteiger partial charge in [0, 0.05) is 31.1 Å². The van der Waals surface area contributed by atoms with Crippen LogP contribution in [0.2, 0.25) is 5.02 Å². The van der Waals surface area contributed by atoms with Crippen molar-refractivity contribution in [2.45, 2.75) is 32.0 Å². The van der Waals surface area contributed by atoms with Crippen molar-refractivity contribution in [2.75, 3.05) is 26.5 Å². The summed E-state index contributed by atoms with van der Waals surface area (Å²) >= 11 is 6.13. The third-order valence-corrected chi connectivity index (χ3v) is 8.84. The normalized spacial score (nSPS) is 12.0. The molecule has 8 nitrogen and oxygen atoms in total. The zero-order valence-corrected chi connectivity index (χ0v) is 27.0. The zero-order chi connectivity index (χ0) is 32.2. The second kappa shape index (κ2) is 16.2. The van der Waals surface area contributed by atoms with Gasteiger partial charge in [-0.1, -0.05) is 96.5 Å². The van der Waals surface area contributed by atoms with Gasteiger partial charge in [0.15, 0.2) is 0 Å². The van der Waals surface area contributed by atoms with Crippen molar-refractivity contribution in [3.8, 4) is 5.75 Å². The van der Waals surface area contributed by atoms with Crippen molar-refractivity contribution < 1.29 is 22.7 Å². The van der Waals surface area contributed by atoms with Gasteiger partial charge in [0.1, 0.15) is 11.8 Å². The fraction of sp³-hybridized carbons (Fsp3) is 0.257. The van der Waals surface area contributed by atoms with Gasteiger partial charge in [0.05, 0.1) is 19.9 Å². The van der Waals surface area contributed by atoms with E-state index in [1.807, 2.05) is 84.9 Å². The number of nitrogens with one attached hydrogen (secondary N) is 1. The molecule has 0 aliphatic carbocycles. The lowest BCUT2D eigenvalue weighted by Gasteiger charge is -2.33. The number of hydrogen-bond acceptors (Lipinski definition) is 5. The van der Waals surface area contributed by atoms with Gasteiger partial charge in [0.2, 0.25) is 21.8 Å². The van der Waals surface area contributed by atoms with Crippen LogP contribution in [0.4, 0.5) is 0 Å². The van der Waals surface area contributed by atoms with Gasteiger partial charge < -0.3 is 15.0 Å². The van der Waals surface area contributed by atoms with Gasteiger partial charge in [-0.05, 0) is 52.9 Å². The molecule has 0 fully saturated rings. The molecule has 4 aromatic rings. The van der Waals surface area contributed by atoms with Crippen LogP contribution >= 0.6 is 11.6 Å². The smallest absolute Gasteiger partial charge is 0.243 e. The molecule has 0 unspecified atom stereocenters. The minimum atomic E-state index is -3.77. The number of carbonyl (C=O) groups excluding carboxylic acids is 2. The maximum absolute atomic E-state index is 14.2. The van der Waals surface area contributed by atoms with Crippen LogP contribution in [0.25, 0.3) is 0 Å². The number of carbonyl (C=O) groups is 2. The number of rotatable bonds is 15. The highest BCUT2D eigenvalue weighted by Crippen LogP contribution is 2.19. The van der Waals surface area contributed by atoms with Crippen LogP contribution in [0.15, 0.2) is 109 Å². The summed E-state index contributed by atoms with van der Waals surface area (Å²) in [6.45, 7) is 0.0363. The standard InChI is InChI=1S/C35H38ClN3O5S/c1-44-32-19-15-27(16-20-32)21-22-37-35(41)33(23-28-9-5-3-6-10-28)39(25-30-13-17-31(36)18-14-30)34(40)26-38(45(2,42)43)24-29-11-7-4-8-12-29/h3-20,33H,21-26H2,1-2H3,(H,37,41)/t33-/m1/s1. The highest BCUT2D eigenvalue weighted by Gasteiger charge is 2.32. The van der Waals surface area contributed by atoms with E-state index in [0.717, 1.165) is 38.6 Å². The molecule has 0 aliphatic heterocycles. The first-order valence-corrected chi connectivity index (χ1v) is 16.8. The molecule has 0 bridgehead atoms. The number of sulfonamides is 1. The third-order valence-electron chi connectivity index (χ3n) is 7.39. The minimum Gasteiger partial charge on any atom is -0.497 e. The summed E-state index contributed by atoms with van der Waals surface area (Å²) in [5.41, 5.74) is 3.39. The van der Waals surface area contributed by atoms with Crippen molar-refractivity contribution in [1.82, 2.24) is 14.5 Å². The maximum atomic E-state index is 14.2. The van der Waals surface area contributed by atoms with E-state index in [1.165, 1.54) is 4.90 Å². The average Bonchev–Trinajstić information content (AvgIpc) is 3.04. The molecule has 2 amide bonds. The highest BCUT2D eigenvalue weighted by molar-refractivity contribution is 7.88. The van der Waals surface area contributed by atoms with Gasteiger partial charge >= 0.3 is 0 Å². The van der Waals surface area contributed by atoms with E-state index >= 15 is 0 Å². The van der Waals surface area contributed by atoms with E-state index in [2.05, 4.69) is 5.32 Å². The maximum Gasteiger partial charge on any atom is 0.243 e. The zero-order valence-electron chi connectivity index (χ0n) is 25.4. The van der Waals surface area contributed by atoms with Gasteiger partial charge in [-0.3, -0.25) is 9.59 Å². The summed E-state index contributed by atoms with van der Waals surface area (Å²) in [5, 5.41) is 3.56. The molecule has 0 heterocycles. The van der Waals surface area contributed by atoms with Crippen LogP contribution in [-0.4, -0.2) is 61.9 Å². The number of benzene rings is 4. The van der Waals surface area contributed by atoms with Crippen molar-refractivity contribution in [1.29, 1.82) is 0 Å². The molecule has 236 valence electrons. The van der Waals surface area contributed by atoms with E-state index in [1.54, 1.807) is 31.4 Å². The van der Waals surface area contributed by atoms with Gasteiger partial charge in [-0.25, -0.2) is 8.42 Å². The van der Waals surface area contributed by atoms with E-state index < -0.39 is 28.5 Å². The lowest BCUT2D eigenvalue weighted by Crippen LogP contribution is -2.53. The third kappa shape index (κ3) is 10.5. The molecule has 10 heteroatoms. The second-order valence-electron chi connectivity index (χ2n) is 10.8. The fourth-order valence-corrected chi connectivity index (χ4v) is 5.75. The van der Waals surface area contributed by atoms with Crippen molar-refractivity contribution in [2.24, 2.45) is 0 Å². The molecule has 0 saturated carbocycles. The molecule has 0 spiro atoms. The average molecular weight is 648 g/mol. The minimum absolute atomic E-state index is 0.0254. The number of ether oxygens (including phenoxy) is 1. The van der Waals surface area contributed by atoms with Crippen molar-refractivity contribution in [3.63, 3.8) is 0 Å². The van der Waals surface area contributed by atoms with Gasteiger partial charge in [-0.2, -0.15) is 4.31 Å². The Kier molecular flexibility index (Phi) is 12.2. The second-order valence-corrected chi connectivity index (χ2v) is 13.2. The Morgan fingerprint density at radius 2 is 1.33 bits per heavy atom. The monoisotopic (exact) mass is 647 g/mol. The predicted molar refractivity (Wildman–Crippen MR) is 177 cm³/mol. The van der Waals surface area contributed by atoms with Crippen LogP contribution in [0, 0.1) is 0 Å². The lowest BCUT2D eigenvalue weighted by atomic mass is 10.0. The van der Waals surface area contributed by atoms with Crippen molar-refractivity contribution >= 4 is 33.4 Å². The Balaban J connectivity index is 1.62. The molecular weight excluding hydrogens is 610 g/mol. The highest BCUT2D eigenvalue weighted by atomic mass is 35.5. The fourth-order valence-electron chi connectivity index (χ4n) is 4.90. The van der Waals surface area contributed by atoms with E-state index in [-0.39, 0.29) is 25.4 Å². The first-order chi connectivity index (χ1) is 21.6. The molecule has 1 atom stereocenters. The summed E-state index contributed by atoms with van der Waals surface area (Å²) in [5.74, 6) is -0.0707. The van der Waals surface area contributed by atoms with Crippen molar-refractivity contribution in [3.05, 3.63) is 136 Å². The van der Waals surface area contributed by atoms with Gasteiger partial charge in [-0.15, -0.1) is 0 Å². The molecule has 4 aromatic carbocycles. The molecule has 4 rings (SSSR count). The molecule has 0 aliphatic rings. The largest absolute Gasteiger partial charge is 0.497 e. The first kappa shape index (κ1) is 33.7. The topological polar surface area (TPSA) is 96.0 Å². The molecular formula is C35H38ClN3O5S. The Morgan fingerprint density at radius 3 is 1.91 bits per heavy atom. The number of amides is 2. The summed E-state index contributed by atoms with van der Waals surface area (Å²) in [6.07, 6.45) is 1.91. The van der Waals surface area contributed by atoms with Crippen LogP contribution in [-0.2, 0) is 45.5 Å². The molecule has 0 saturated heterocycles. The summed E-state index contributed by atoms with van der Waals surface area (Å²) in [7, 11) is -2.16.